The van der Waals surface area contributed by atoms with Crippen LogP contribution >= 0.6 is 0 Å². The molecule has 0 aromatic heterocycles. The fourth-order valence-corrected chi connectivity index (χ4v) is 3.32. The van der Waals surface area contributed by atoms with Gasteiger partial charge in [-0.05, 0) is 54.1 Å². The predicted octanol–water partition coefficient (Wildman–Crippen LogP) is 3.70. The second kappa shape index (κ2) is 6.57. The maximum Gasteiger partial charge on any atom is 0.339 e. The van der Waals surface area contributed by atoms with Gasteiger partial charge in [0, 0.05) is 0 Å². The van der Waals surface area contributed by atoms with E-state index in [0.29, 0.717) is 5.56 Å². The van der Waals surface area contributed by atoms with Crippen molar-refractivity contribution in [2.75, 3.05) is 7.11 Å². The molecule has 0 aliphatic carbocycles. The molecule has 3 aromatic rings. The summed E-state index contributed by atoms with van der Waals surface area (Å²) < 4.78 is 34.6. The van der Waals surface area contributed by atoms with E-state index >= 15 is 0 Å². The minimum Gasteiger partial charge on any atom is -0.465 e. The third-order valence-corrected chi connectivity index (χ3v) is 5.01. The Kier molecular flexibility index (Phi) is 4.46. The van der Waals surface area contributed by atoms with Gasteiger partial charge >= 0.3 is 16.1 Å². The van der Waals surface area contributed by atoms with E-state index in [-0.39, 0.29) is 10.6 Å². The van der Waals surface area contributed by atoms with Crippen molar-refractivity contribution < 1.29 is 22.1 Å². The molecule has 3 rings (SSSR count). The fraction of sp³-hybridized carbons (Fsp3) is 0.105. The molecule has 128 valence electrons. The van der Waals surface area contributed by atoms with Crippen molar-refractivity contribution in [3.8, 4) is 5.75 Å². The van der Waals surface area contributed by atoms with Gasteiger partial charge in [0.2, 0.25) is 0 Å². The zero-order chi connectivity index (χ0) is 18.0. The highest BCUT2D eigenvalue weighted by molar-refractivity contribution is 7.87. The SMILES string of the molecule is COC(=O)c1ccc2cc(OS(=O)(=O)c3ccc(C)cc3)ccc2c1. The van der Waals surface area contributed by atoms with E-state index in [1.165, 1.54) is 19.2 Å². The zero-order valence-corrected chi connectivity index (χ0v) is 14.5. The Balaban J connectivity index is 1.91. The van der Waals surface area contributed by atoms with E-state index in [9.17, 15) is 13.2 Å². The average molecular weight is 356 g/mol. The van der Waals surface area contributed by atoms with Crippen molar-refractivity contribution in [1.29, 1.82) is 0 Å². The van der Waals surface area contributed by atoms with E-state index in [2.05, 4.69) is 4.74 Å². The summed E-state index contributed by atoms with van der Waals surface area (Å²) in [6, 6.07) is 16.3. The fourth-order valence-electron chi connectivity index (χ4n) is 2.40. The highest BCUT2D eigenvalue weighted by Crippen LogP contribution is 2.25. The van der Waals surface area contributed by atoms with Gasteiger partial charge in [-0.15, -0.1) is 0 Å². The summed E-state index contributed by atoms with van der Waals surface area (Å²) in [6.45, 7) is 1.88. The van der Waals surface area contributed by atoms with Crippen molar-refractivity contribution >= 4 is 26.9 Å². The lowest BCUT2D eigenvalue weighted by atomic mass is 10.1. The van der Waals surface area contributed by atoms with Crippen LogP contribution in [-0.4, -0.2) is 21.5 Å². The van der Waals surface area contributed by atoms with E-state index in [1.807, 2.05) is 6.92 Å². The molecule has 0 spiro atoms. The Morgan fingerprint density at radius 2 is 1.52 bits per heavy atom. The van der Waals surface area contributed by atoms with Crippen LogP contribution in [0.3, 0.4) is 0 Å². The Morgan fingerprint density at radius 1 is 0.880 bits per heavy atom. The summed E-state index contributed by atoms with van der Waals surface area (Å²) in [5.74, 6) is -0.219. The van der Waals surface area contributed by atoms with E-state index < -0.39 is 16.1 Å². The van der Waals surface area contributed by atoms with Gasteiger partial charge in [0.05, 0.1) is 12.7 Å². The van der Waals surface area contributed by atoms with Crippen LogP contribution < -0.4 is 4.18 Å². The molecule has 0 heterocycles. The number of carbonyl (C=O) groups is 1. The molecule has 6 heteroatoms. The lowest BCUT2D eigenvalue weighted by molar-refractivity contribution is 0.0601. The van der Waals surface area contributed by atoms with E-state index in [4.69, 9.17) is 4.18 Å². The predicted molar refractivity (Wildman–Crippen MR) is 94.3 cm³/mol. The molecule has 0 amide bonds. The Labute approximate surface area is 145 Å². The van der Waals surface area contributed by atoms with Crippen LogP contribution in [0.4, 0.5) is 0 Å². The maximum atomic E-state index is 12.3. The van der Waals surface area contributed by atoms with Crippen LogP contribution in [0.1, 0.15) is 15.9 Å². The summed E-state index contributed by atoms with van der Waals surface area (Å²) >= 11 is 0. The standard InChI is InChI=1S/C19H16O5S/c1-13-3-9-18(10-4-13)25(21,22)24-17-8-7-14-11-16(19(20)23-2)6-5-15(14)12-17/h3-12H,1-2H3. The highest BCUT2D eigenvalue weighted by atomic mass is 32.2. The molecular weight excluding hydrogens is 340 g/mol. The first-order chi connectivity index (χ1) is 11.9. The number of methoxy groups -OCH3 is 1. The molecule has 0 saturated heterocycles. The average Bonchev–Trinajstić information content (AvgIpc) is 2.60. The topological polar surface area (TPSA) is 69.7 Å². The zero-order valence-electron chi connectivity index (χ0n) is 13.7. The number of hydrogen-bond acceptors (Lipinski definition) is 5. The molecule has 0 unspecified atom stereocenters. The third-order valence-electron chi connectivity index (χ3n) is 3.75. The first kappa shape index (κ1) is 17.0. The van der Waals surface area contributed by atoms with Gasteiger partial charge in [-0.1, -0.05) is 29.8 Å². The number of hydrogen-bond donors (Lipinski definition) is 0. The van der Waals surface area contributed by atoms with Gasteiger partial charge in [-0.25, -0.2) is 4.79 Å². The summed E-state index contributed by atoms with van der Waals surface area (Å²) in [6.07, 6.45) is 0. The molecule has 0 atom stereocenters. The van der Waals surface area contributed by atoms with Gasteiger partial charge < -0.3 is 8.92 Å². The quantitative estimate of drug-likeness (QED) is 0.526. The second-order valence-electron chi connectivity index (χ2n) is 5.57. The number of esters is 1. The number of benzene rings is 3. The summed E-state index contributed by atoms with van der Waals surface area (Å²) in [7, 11) is -2.58. The van der Waals surface area contributed by atoms with E-state index in [1.54, 1.807) is 48.5 Å². The molecule has 0 bridgehead atoms. The van der Waals surface area contributed by atoms with Crippen LogP contribution in [-0.2, 0) is 14.9 Å². The number of carbonyl (C=O) groups excluding carboxylic acids is 1. The smallest absolute Gasteiger partial charge is 0.339 e. The van der Waals surface area contributed by atoms with Gasteiger partial charge in [-0.3, -0.25) is 0 Å². The molecule has 0 saturated carbocycles. The molecular formula is C19H16O5S. The molecule has 5 nitrogen and oxygen atoms in total. The monoisotopic (exact) mass is 356 g/mol. The third kappa shape index (κ3) is 3.64. The Morgan fingerprint density at radius 3 is 2.20 bits per heavy atom. The normalized spacial score (nSPS) is 11.3. The molecule has 25 heavy (non-hydrogen) atoms. The minimum atomic E-state index is -3.90. The molecule has 0 radical (unpaired) electrons. The first-order valence-corrected chi connectivity index (χ1v) is 8.93. The Bertz CT molecular complexity index is 1040. The van der Waals surface area contributed by atoms with E-state index in [0.717, 1.165) is 16.3 Å². The minimum absolute atomic E-state index is 0.0965. The van der Waals surface area contributed by atoms with Crippen molar-refractivity contribution in [3.05, 3.63) is 71.8 Å². The van der Waals surface area contributed by atoms with Crippen molar-refractivity contribution in [2.24, 2.45) is 0 Å². The van der Waals surface area contributed by atoms with Crippen LogP contribution in [0.2, 0.25) is 0 Å². The molecule has 0 N–H and O–H groups in total. The van der Waals surface area contributed by atoms with Crippen molar-refractivity contribution in [3.63, 3.8) is 0 Å². The number of aryl methyl sites for hydroxylation is 1. The van der Waals surface area contributed by atoms with Gasteiger partial charge in [0.1, 0.15) is 10.6 Å². The van der Waals surface area contributed by atoms with Crippen LogP contribution in [0.25, 0.3) is 10.8 Å². The summed E-state index contributed by atoms with van der Waals surface area (Å²) in [5, 5.41) is 1.53. The van der Waals surface area contributed by atoms with Crippen LogP contribution in [0.15, 0.2) is 65.6 Å². The Hall–Kier alpha value is -2.86. The van der Waals surface area contributed by atoms with Crippen molar-refractivity contribution in [1.82, 2.24) is 0 Å². The number of rotatable bonds is 4. The molecule has 0 aliphatic heterocycles. The molecule has 0 aliphatic rings. The maximum absolute atomic E-state index is 12.3. The molecule has 0 fully saturated rings. The summed E-state index contributed by atoms with van der Waals surface area (Å²) in [5.41, 5.74) is 1.39. The van der Waals surface area contributed by atoms with Gasteiger partial charge in [0.15, 0.2) is 0 Å². The largest absolute Gasteiger partial charge is 0.465 e. The van der Waals surface area contributed by atoms with Crippen LogP contribution in [0.5, 0.6) is 5.75 Å². The number of fused-ring (bicyclic) bond motifs is 1. The van der Waals surface area contributed by atoms with Gasteiger partial charge in [0.25, 0.3) is 0 Å². The first-order valence-electron chi connectivity index (χ1n) is 7.52. The molecule has 3 aromatic carbocycles. The lowest BCUT2D eigenvalue weighted by Gasteiger charge is -2.09. The van der Waals surface area contributed by atoms with Crippen LogP contribution in [0, 0.1) is 6.92 Å². The lowest BCUT2D eigenvalue weighted by Crippen LogP contribution is -2.09. The highest BCUT2D eigenvalue weighted by Gasteiger charge is 2.16. The second-order valence-corrected chi connectivity index (χ2v) is 7.11. The summed E-state index contributed by atoms with van der Waals surface area (Å²) in [4.78, 5) is 11.7. The van der Waals surface area contributed by atoms with Crippen molar-refractivity contribution in [2.45, 2.75) is 11.8 Å². The number of ether oxygens (including phenoxy) is 1. The van der Waals surface area contributed by atoms with Gasteiger partial charge in [-0.2, -0.15) is 8.42 Å².